The van der Waals surface area contributed by atoms with Crippen LogP contribution < -0.4 is 0 Å². The summed E-state index contributed by atoms with van der Waals surface area (Å²) in [5, 5.41) is 0. The molecule has 1 aromatic rings. The van der Waals surface area contributed by atoms with Crippen LogP contribution in [0.2, 0.25) is 0 Å². The van der Waals surface area contributed by atoms with Crippen LogP contribution in [0.4, 0.5) is 0 Å². The molecule has 0 amide bonds. The number of pyridine rings is 1. The van der Waals surface area contributed by atoms with Crippen LogP contribution in [-0.2, 0) is 11.2 Å². The minimum atomic E-state index is 0.0743. The summed E-state index contributed by atoms with van der Waals surface area (Å²) in [6, 6.07) is 4.05. The van der Waals surface area contributed by atoms with Crippen LogP contribution in [0.1, 0.15) is 50.3 Å². The number of carbonyl (C=O) groups excluding carboxylic acids is 1. The van der Waals surface area contributed by atoms with E-state index >= 15 is 0 Å². The van der Waals surface area contributed by atoms with Crippen LogP contribution in [0.3, 0.4) is 0 Å². The zero-order chi connectivity index (χ0) is 11.5. The molecule has 0 saturated carbocycles. The number of rotatable bonds is 4. The van der Waals surface area contributed by atoms with E-state index in [1.54, 1.807) is 6.20 Å². The van der Waals surface area contributed by atoms with Crippen LogP contribution in [0.25, 0.3) is 0 Å². The maximum absolute atomic E-state index is 12.1. The predicted molar refractivity (Wildman–Crippen MR) is 64.4 cm³/mol. The second kappa shape index (κ2) is 4.77. The molecule has 0 saturated heterocycles. The second-order valence-electron chi connectivity index (χ2n) is 4.82. The minimum absolute atomic E-state index is 0.0743. The zero-order valence-electron chi connectivity index (χ0n) is 10.1. The summed E-state index contributed by atoms with van der Waals surface area (Å²) in [6.07, 6.45) is 5.56. The van der Waals surface area contributed by atoms with E-state index in [9.17, 15) is 4.79 Å². The lowest BCUT2D eigenvalue weighted by Gasteiger charge is -2.12. The SMILES string of the molecule is CCC(C)CC(=O)C1CCc2cccnc21. The summed E-state index contributed by atoms with van der Waals surface area (Å²) >= 11 is 0. The maximum atomic E-state index is 12.1. The van der Waals surface area contributed by atoms with Crippen molar-refractivity contribution in [2.24, 2.45) is 5.92 Å². The Morgan fingerprint density at radius 2 is 2.44 bits per heavy atom. The van der Waals surface area contributed by atoms with Gasteiger partial charge in [0.25, 0.3) is 0 Å². The van der Waals surface area contributed by atoms with E-state index in [1.807, 2.05) is 6.07 Å². The van der Waals surface area contributed by atoms with Gasteiger partial charge in [-0.15, -0.1) is 0 Å². The molecule has 0 N–H and O–H groups in total. The quantitative estimate of drug-likeness (QED) is 0.775. The van der Waals surface area contributed by atoms with Gasteiger partial charge in [-0.3, -0.25) is 9.78 Å². The second-order valence-corrected chi connectivity index (χ2v) is 4.82. The highest BCUT2D eigenvalue weighted by Gasteiger charge is 2.29. The summed E-state index contributed by atoms with van der Waals surface area (Å²) in [5.74, 6) is 0.956. The van der Waals surface area contributed by atoms with Gasteiger partial charge in [0.15, 0.2) is 0 Å². The van der Waals surface area contributed by atoms with Gasteiger partial charge in [-0.1, -0.05) is 26.3 Å². The number of hydrogen-bond donors (Lipinski definition) is 0. The third kappa shape index (κ3) is 2.16. The topological polar surface area (TPSA) is 30.0 Å². The van der Waals surface area contributed by atoms with Crippen LogP contribution in [-0.4, -0.2) is 10.8 Å². The van der Waals surface area contributed by atoms with Crippen molar-refractivity contribution in [3.05, 3.63) is 29.6 Å². The van der Waals surface area contributed by atoms with Crippen molar-refractivity contribution in [2.75, 3.05) is 0 Å². The van der Waals surface area contributed by atoms with E-state index in [2.05, 4.69) is 24.9 Å². The average Bonchev–Trinajstić information content (AvgIpc) is 2.72. The first-order valence-electron chi connectivity index (χ1n) is 6.18. The van der Waals surface area contributed by atoms with Crippen LogP contribution >= 0.6 is 0 Å². The van der Waals surface area contributed by atoms with Gasteiger partial charge in [-0.05, 0) is 30.4 Å². The molecule has 2 unspecified atom stereocenters. The molecule has 0 fully saturated rings. The Morgan fingerprint density at radius 3 is 3.19 bits per heavy atom. The lowest BCUT2D eigenvalue weighted by molar-refractivity contribution is -0.121. The highest BCUT2D eigenvalue weighted by molar-refractivity contribution is 5.86. The van der Waals surface area contributed by atoms with Crippen LogP contribution in [0, 0.1) is 5.92 Å². The minimum Gasteiger partial charge on any atom is -0.299 e. The number of Topliss-reactive ketones (excluding diaryl/α,β-unsaturated/α-hetero) is 1. The van der Waals surface area contributed by atoms with Gasteiger partial charge in [0, 0.05) is 12.6 Å². The fourth-order valence-corrected chi connectivity index (χ4v) is 2.36. The molecule has 0 bridgehead atoms. The summed E-state index contributed by atoms with van der Waals surface area (Å²) in [5.41, 5.74) is 2.31. The third-order valence-electron chi connectivity index (χ3n) is 3.59. The number of ketones is 1. The Labute approximate surface area is 97.1 Å². The average molecular weight is 217 g/mol. The molecular formula is C14H19NO. The molecule has 1 aromatic heterocycles. The lowest BCUT2D eigenvalue weighted by Crippen LogP contribution is -2.14. The first-order valence-corrected chi connectivity index (χ1v) is 6.18. The fraction of sp³-hybridized carbons (Fsp3) is 0.571. The van der Waals surface area contributed by atoms with Crippen molar-refractivity contribution in [3.8, 4) is 0 Å². The van der Waals surface area contributed by atoms with Gasteiger partial charge in [-0.25, -0.2) is 0 Å². The molecule has 0 radical (unpaired) electrons. The van der Waals surface area contributed by atoms with Crippen molar-refractivity contribution in [1.82, 2.24) is 4.98 Å². The summed E-state index contributed by atoms with van der Waals surface area (Å²) in [4.78, 5) is 16.5. The van der Waals surface area contributed by atoms with Gasteiger partial charge >= 0.3 is 0 Å². The largest absolute Gasteiger partial charge is 0.299 e. The summed E-state index contributed by atoms with van der Waals surface area (Å²) in [6.45, 7) is 4.28. The fourth-order valence-electron chi connectivity index (χ4n) is 2.36. The Morgan fingerprint density at radius 1 is 1.62 bits per heavy atom. The summed E-state index contributed by atoms with van der Waals surface area (Å²) < 4.78 is 0. The van der Waals surface area contributed by atoms with E-state index in [0.29, 0.717) is 18.1 Å². The van der Waals surface area contributed by atoms with Gasteiger partial charge < -0.3 is 0 Å². The Hall–Kier alpha value is -1.18. The van der Waals surface area contributed by atoms with Crippen molar-refractivity contribution >= 4 is 5.78 Å². The van der Waals surface area contributed by atoms with Crippen LogP contribution in [0.5, 0.6) is 0 Å². The molecule has 2 nitrogen and oxygen atoms in total. The number of fused-ring (bicyclic) bond motifs is 1. The molecule has 2 heteroatoms. The van der Waals surface area contributed by atoms with Gasteiger partial charge in [-0.2, -0.15) is 0 Å². The molecule has 0 aliphatic heterocycles. The first-order chi connectivity index (χ1) is 7.72. The molecule has 1 aliphatic carbocycles. The van der Waals surface area contributed by atoms with Crippen molar-refractivity contribution in [2.45, 2.75) is 45.4 Å². The van der Waals surface area contributed by atoms with Gasteiger partial charge in [0.1, 0.15) is 5.78 Å². The molecule has 86 valence electrons. The van der Waals surface area contributed by atoms with Crippen molar-refractivity contribution < 1.29 is 4.79 Å². The van der Waals surface area contributed by atoms with Gasteiger partial charge in [0.05, 0.1) is 11.6 Å². The predicted octanol–water partition coefficient (Wildman–Crippen LogP) is 3.12. The highest BCUT2D eigenvalue weighted by atomic mass is 16.1. The Kier molecular flexibility index (Phi) is 3.37. The lowest BCUT2D eigenvalue weighted by atomic mass is 9.92. The third-order valence-corrected chi connectivity index (χ3v) is 3.59. The van der Waals surface area contributed by atoms with E-state index in [-0.39, 0.29) is 5.92 Å². The number of aryl methyl sites for hydroxylation is 1. The highest BCUT2D eigenvalue weighted by Crippen LogP contribution is 2.33. The van der Waals surface area contributed by atoms with Crippen molar-refractivity contribution in [3.63, 3.8) is 0 Å². The van der Waals surface area contributed by atoms with E-state index in [0.717, 1.165) is 25.0 Å². The maximum Gasteiger partial charge on any atom is 0.142 e. The number of carbonyl (C=O) groups is 1. The summed E-state index contributed by atoms with van der Waals surface area (Å²) in [7, 11) is 0. The van der Waals surface area contributed by atoms with Gasteiger partial charge in [0.2, 0.25) is 0 Å². The number of hydrogen-bond acceptors (Lipinski definition) is 2. The zero-order valence-corrected chi connectivity index (χ0v) is 10.1. The monoisotopic (exact) mass is 217 g/mol. The molecule has 2 atom stereocenters. The first kappa shape index (κ1) is 11.3. The molecule has 0 spiro atoms. The van der Waals surface area contributed by atoms with Crippen molar-refractivity contribution in [1.29, 1.82) is 0 Å². The number of aromatic nitrogens is 1. The molecule has 0 aromatic carbocycles. The Bertz CT molecular complexity index is 386. The molecule has 1 aliphatic rings. The smallest absolute Gasteiger partial charge is 0.142 e. The van der Waals surface area contributed by atoms with E-state index < -0.39 is 0 Å². The Balaban J connectivity index is 2.10. The van der Waals surface area contributed by atoms with Crippen LogP contribution in [0.15, 0.2) is 18.3 Å². The molecule has 2 rings (SSSR count). The molecular weight excluding hydrogens is 198 g/mol. The number of nitrogens with zero attached hydrogens (tertiary/aromatic N) is 1. The van der Waals surface area contributed by atoms with E-state index in [1.165, 1.54) is 5.56 Å². The normalized spacial score (nSPS) is 20.5. The standard InChI is InChI=1S/C14H19NO/c1-3-10(2)9-13(16)12-7-6-11-5-4-8-15-14(11)12/h4-5,8,10,12H,3,6-7,9H2,1-2H3. The van der Waals surface area contributed by atoms with E-state index in [4.69, 9.17) is 0 Å². The molecule has 1 heterocycles. The molecule has 16 heavy (non-hydrogen) atoms.